The summed E-state index contributed by atoms with van der Waals surface area (Å²) in [5.41, 5.74) is 0. The maximum atomic E-state index is 11.3. The van der Waals surface area contributed by atoms with Crippen molar-refractivity contribution in [1.82, 2.24) is 0 Å². The van der Waals surface area contributed by atoms with Crippen molar-refractivity contribution in [2.24, 2.45) is 5.92 Å². The van der Waals surface area contributed by atoms with Crippen molar-refractivity contribution in [2.45, 2.75) is 47.5 Å². The van der Waals surface area contributed by atoms with E-state index in [9.17, 15) is 17.8 Å². The van der Waals surface area contributed by atoms with Crippen LogP contribution in [0.5, 0.6) is 0 Å². The quantitative estimate of drug-likeness (QED) is 0.509. The Kier molecular flexibility index (Phi) is 13.1. The third-order valence-electron chi connectivity index (χ3n) is 2.55. The molecule has 0 aliphatic heterocycles. The van der Waals surface area contributed by atoms with Gasteiger partial charge in [-0.2, -0.15) is 0 Å². The zero-order valence-corrected chi connectivity index (χ0v) is 14.4. The predicted molar refractivity (Wildman–Crippen MR) is 82.6 cm³/mol. The number of hydrogen-bond acceptors (Lipinski definition) is 4. The van der Waals surface area contributed by atoms with E-state index in [0.29, 0.717) is 23.1 Å². The van der Waals surface area contributed by atoms with Gasteiger partial charge < -0.3 is 4.55 Å². The van der Waals surface area contributed by atoms with Crippen LogP contribution >= 0.6 is 0 Å². The lowest BCUT2D eigenvalue weighted by Gasteiger charge is -2.04. The summed E-state index contributed by atoms with van der Waals surface area (Å²) in [4.78, 5) is 11.3. The van der Waals surface area contributed by atoms with Crippen molar-refractivity contribution < 1.29 is 17.8 Å². The molecule has 0 N–H and O–H groups in total. The number of Topliss-reactive ketones (excluding diaryl/α,β-unsaturated/α-hetero) is 1. The highest BCUT2D eigenvalue weighted by molar-refractivity contribution is 7.97. The number of ketones is 1. The molecule has 6 heteroatoms. The van der Waals surface area contributed by atoms with Crippen LogP contribution in [0.25, 0.3) is 0 Å². The number of carbonyl (C=O) groups is 1. The Labute approximate surface area is 121 Å². The first-order valence-electron chi connectivity index (χ1n) is 6.78. The van der Waals surface area contributed by atoms with Crippen LogP contribution in [-0.4, -0.2) is 41.8 Å². The van der Waals surface area contributed by atoms with E-state index < -0.39 is 10.1 Å². The number of unbranched alkanes of at least 4 members (excludes halogenated alkanes) is 1. The van der Waals surface area contributed by atoms with Gasteiger partial charge in [-0.1, -0.05) is 27.2 Å². The Hall–Kier alpha value is -0.0700. The van der Waals surface area contributed by atoms with E-state index in [1.807, 2.05) is 20.8 Å². The van der Waals surface area contributed by atoms with Gasteiger partial charge in [-0.3, -0.25) is 4.79 Å². The van der Waals surface area contributed by atoms with Crippen LogP contribution in [0.15, 0.2) is 0 Å². The molecule has 0 spiro atoms. The van der Waals surface area contributed by atoms with Crippen LogP contribution in [0.3, 0.4) is 0 Å². The Bertz CT molecular complexity index is 320. The van der Waals surface area contributed by atoms with Gasteiger partial charge in [-0.15, -0.1) is 0 Å². The van der Waals surface area contributed by atoms with Crippen LogP contribution in [0.4, 0.5) is 0 Å². The van der Waals surface area contributed by atoms with Crippen LogP contribution in [0, 0.1) is 5.92 Å². The topological polar surface area (TPSA) is 74.3 Å². The minimum atomic E-state index is -3.94. The van der Waals surface area contributed by atoms with Crippen LogP contribution in [-0.2, 0) is 25.8 Å². The molecule has 0 unspecified atom stereocenters. The lowest BCUT2D eigenvalue weighted by atomic mass is 10.1. The van der Waals surface area contributed by atoms with E-state index in [0.717, 1.165) is 23.7 Å². The van der Waals surface area contributed by atoms with Crippen molar-refractivity contribution in [3.8, 4) is 0 Å². The minimum Gasteiger partial charge on any atom is -0.748 e. The van der Waals surface area contributed by atoms with E-state index in [2.05, 4.69) is 13.8 Å². The summed E-state index contributed by atoms with van der Waals surface area (Å²) in [6.45, 7) is 10.1. The van der Waals surface area contributed by atoms with Crippen LogP contribution < -0.4 is 0 Å². The van der Waals surface area contributed by atoms with Gasteiger partial charge in [0.15, 0.2) is 11.5 Å². The summed E-state index contributed by atoms with van der Waals surface area (Å²) in [6, 6.07) is 0. The number of rotatable bonds is 8. The van der Waals surface area contributed by atoms with E-state index in [1.54, 1.807) is 0 Å². The molecule has 0 saturated heterocycles. The maximum Gasteiger partial charge on any atom is 0.184 e. The first-order chi connectivity index (χ1) is 8.67. The highest BCUT2D eigenvalue weighted by Gasteiger charge is 2.19. The van der Waals surface area contributed by atoms with Gasteiger partial charge in [-0.05, 0) is 31.2 Å². The SMILES string of the molecule is CCCCS(=O)(=O)[O-].CC[S+](CC)CC(=O)C(C)C. The van der Waals surface area contributed by atoms with E-state index in [1.165, 1.54) is 0 Å². The van der Waals surface area contributed by atoms with Gasteiger partial charge in [0.05, 0.1) is 10.1 Å². The summed E-state index contributed by atoms with van der Waals surface area (Å²) in [5, 5.41) is 0. The first-order valence-corrected chi connectivity index (χ1v) is 10.1. The molecule has 0 aromatic rings. The molecule has 0 heterocycles. The van der Waals surface area contributed by atoms with Crippen molar-refractivity contribution in [3.63, 3.8) is 0 Å². The molecule has 0 rings (SSSR count). The van der Waals surface area contributed by atoms with Gasteiger partial charge in [0.1, 0.15) is 11.5 Å². The van der Waals surface area contributed by atoms with Gasteiger partial charge in [0.25, 0.3) is 0 Å². The summed E-state index contributed by atoms with van der Waals surface area (Å²) < 4.78 is 29.5. The van der Waals surface area contributed by atoms with Crippen molar-refractivity contribution >= 4 is 26.8 Å². The molecule has 0 fully saturated rings. The third kappa shape index (κ3) is 15.9. The zero-order valence-electron chi connectivity index (χ0n) is 12.8. The lowest BCUT2D eigenvalue weighted by Crippen LogP contribution is -2.23. The highest BCUT2D eigenvalue weighted by atomic mass is 32.2. The van der Waals surface area contributed by atoms with Gasteiger partial charge in [0.2, 0.25) is 0 Å². The van der Waals surface area contributed by atoms with Crippen molar-refractivity contribution in [3.05, 3.63) is 0 Å². The van der Waals surface area contributed by atoms with E-state index in [-0.39, 0.29) is 11.7 Å². The number of carbonyl (C=O) groups excluding carboxylic acids is 1. The van der Waals surface area contributed by atoms with E-state index >= 15 is 0 Å². The van der Waals surface area contributed by atoms with Crippen molar-refractivity contribution in [2.75, 3.05) is 23.0 Å². The Morgan fingerprint density at radius 2 is 1.63 bits per heavy atom. The Balaban J connectivity index is 0. The molecule has 0 radical (unpaired) electrons. The fraction of sp³-hybridized carbons (Fsp3) is 0.923. The molecule has 0 saturated carbocycles. The second-order valence-electron chi connectivity index (χ2n) is 4.57. The molecule has 0 aromatic heterocycles. The molecule has 0 bridgehead atoms. The van der Waals surface area contributed by atoms with Crippen molar-refractivity contribution in [1.29, 1.82) is 0 Å². The molecule has 0 atom stereocenters. The first kappa shape index (κ1) is 21.2. The molecule has 0 amide bonds. The zero-order chi connectivity index (χ0) is 15.5. The predicted octanol–water partition coefficient (Wildman–Crippen LogP) is 2.20. The minimum absolute atomic E-state index is 0.219. The summed E-state index contributed by atoms with van der Waals surface area (Å²) in [7, 11) is -3.57. The van der Waals surface area contributed by atoms with Crippen LogP contribution in [0.2, 0.25) is 0 Å². The standard InChI is InChI=1S/C9H19OS.C4H10O3S/c1-5-11(6-2)7-9(10)8(3)4;1-2-3-4-8(5,6)7/h8H,5-7H2,1-4H3;2-4H2,1H3,(H,5,6,7)/q+1;/p-1. The monoisotopic (exact) mass is 312 g/mol. The second kappa shape index (κ2) is 11.7. The van der Waals surface area contributed by atoms with Gasteiger partial charge >= 0.3 is 0 Å². The van der Waals surface area contributed by atoms with Gasteiger partial charge in [-0.25, -0.2) is 8.42 Å². The molecule has 116 valence electrons. The molecular weight excluding hydrogens is 284 g/mol. The Morgan fingerprint density at radius 3 is 1.84 bits per heavy atom. The number of hydrogen-bond donors (Lipinski definition) is 0. The van der Waals surface area contributed by atoms with Gasteiger partial charge in [0, 0.05) is 11.7 Å². The summed E-state index contributed by atoms with van der Waals surface area (Å²) >= 11 is 0. The molecule has 0 aliphatic rings. The second-order valence-corrected chi connectivity index (χ2v) is 8.76. The average Bonchev–Trinajstić information content (AvgIpc) is 2.32. The normalized spacial score (nSPS) is 11.4. The average molecular weight is 312 g/mol. The molecular formula is C13H28O4S2. The Morgan fingerprint density at radius 1 is 1.16 bits per heavy atom. The maximum absolute atomic E-state index is 11.3. The third-order valence-corrected chi connectivity index (χ3v) is 5.67. The largest absolute Gasteiger partial charge is 0.748 e. The fourth-order valence-electron chi connectivity index (χ4n) is 1.10. The summed E-state index contributed by atoms with van der Waals surface area (Å²) in [5.74, 6) is 3.57. The smallest absolute Gasteiger partial charge is 0.184 e. The fourth-order valence-corrected chi connectivity index (χ4v) is 3.29. The molecule has 19 heavy (non-hydrogen) atoms. The lowest BCUT2D eigenvalue weighted by molar-refractivity contribution is -0.119. The summed E-state index contributed by atoms with van der Waals surface area (Å²) in [6.07, 6.45) is 1.23. The molecule has 0 aromatic carbocycles. The molecule has 4 nitrogen and oxygen atoms in total. The highest BCUT2D eigenvalue weighted by Crippen LogP contribution is 2.02. The molecule has 0 aliphatic carbocycles. The van der Waals surface area contributed by atoms with E-state index in [4.69, 9.17) is 0 Å². The van der Waals surface area contributed by atoms with Crippen LogP contribution in [0.1, 0.15) is 47.5 Å².